The maximum Gasteiger partial charge on any atom is 0.212 e. The summed E-state index contributed by atoms with van der Waals surface area (Å²) in [6.45, 7) is 3.27. The first-order chi connectivity index (χ1) is 8.20. The van der Waals surface area contributed by atoms with Crippen LogP contribution in [0.25, 0.3) is 10.9 Å². The van der Waals surface area contributed by atoms with Crippen molar-refractivity contribution < 1.29 is 4.74 Å². The number of fused-ring (bicyclic) bond motifs is 1. The lowest BCUT2D eigenvalue weighted by Crippen LogP contribution is -2.33. The Morgan fingerprint density at radius 3 is 2.71 bits per heavy atom. The van der Waals surface area contributed by atoms with Crippen molar-refractivity contribution in [2.24, 2.45) is 0 Å². The van der Waals surface area contributed by atoms with Crippen LogP contribution >= 0.6 is 0 Å². The van der Waals surface area contributed by atoms with E-state index in [1.807, 2.05) is 31.2 Å². The van der Waals surface area contributed by atoms with Gasteiger partial charge in [0.25, 0.3) is 0 Å². The van der Waals surface area contributed by atoms with Gasteiger partial charge in [-0.1, -0.05) is 12.1 Å². The third-order valence-electron chi connectivity index (χ3n) is 3.39. The summed E-state index contributed by atoms with van der Waals surface area (Å²) in [6, 6.07) is 7.88. The third-order valence-corrected chi connectivity index (χ3v) is 3.39. The zero-order valence-corrected chi connectivity index (χ0v) is 9.64. The highest BCUT2D eigenvalue weighted by Crippen LogP contribution is 2.26. The van der Waals surface area contributed by atoms with E-state index in [-0.39, 0.29) is 5.43 Å². The average Bonchev–Trinajstić information content (AvgIpc) is 2.29. The van der Waals surface area contributed by atoms with Crippen molar-refractivity contribution in [2.75, 3.05) is 18.9 Å². The van der Waals surface area contributed by atoms with Crippen LogP contribution in [0.1, 0.15) is 11.7 Å². The van der Waals surface area contributed by atoms with Gasteiger partial charge in [-0.05, 0) is 19.1 Å². The minimum atomic E-state index is -0.0745. The second-order valence-electron chi connectivity index (χ2n) is 4.41. The number of hydrogen-bond acceptors (Lipinski definition) is 3. The molecule has 2 aromatic rings. The summed E-state index contributed by atoms with van der Waals surface area (Å²) in [6.07, 6.45) is 0. The summed E-state index contributed by atoms with van der Waals surface area (Å²) in [4.78, 5) is 12.1. The molecule has 1 aromatic carbocycles. The fourth-order valence-electron chi connectivity index (χ4n) is 2.34. The number of benzene rings is 1. The van der Waals surface area contributed by atoms with Gasteiger partial charge in [0.05, 0.1) is 30.5 Å². The van der Waals surface area contributed by atoms with Gasteiger partial charge < -0.3 is 15.0 Å². The van der Waals surface area contributed by atoms with Crippen molar-refractivity contribution >= 4 is 16.6 Å². The second kappa shape index (κ2) is 3.60. The van der Waals surface area contributed by atoms with Crippen LogP contribution < -0.4 is 11.2 Å². The number of para-hydroxylation sites is 1. The summed E-state index contributed by atoms with van der Waals surface area (Å²) >= 11 is 0. The Balaban J connectivity index is 2.43. The van der Waals surface area contributed by atoms with E-state index in [1.54, 1.807) is 0 Å². The number of nitrogen functional groups attached to an aromatic ring is 1. The molecule has 0 bridgehead atoms. The van der Waals surface area contributed by atoms with Crippen LogP contribution in [0.5, 0.6) is 0 Å². The number of anilines is 1. The SMILES string of the molecule is Cc1c(N)c(=O)c2ccccc2n1C1COC1. The van der Waals surface area contributed by atoms with E-state index >= 15 is 0 Å². The molecule has 0 radical (unpaired) electrons. The molecule has 0 unspecified atom stereocenters. The van der Waals surface area contributed by atoms with Crippen LogP contribution in [0, 0.1) is 6.92 Å². The summed E-state index contributed by atoms with van der Waals surface area (Å²) in [5.74, 6) is 0. The zero-order valence-electron chi connectivity index (χ0n) is 9.64. The topological polar surface area (TPSA) is 57.2 Å². The molecule has 1 fully saturated rings. The maximum absolute atomic E-state index is 12.1. The Hall–Kier alpha value is -1.81. The largest absolute Gasteiger partial charge is 0.394 e. The van der Waals surface area contributed by atoms with Gasteiger partial charge in [0.1, 0.15) is 0 Å². The molecule has 0 saturated carbocycles. The van der Waals surface area contributed by atoms with Crippen LogP contribution in [0.4, 0.5) is 5.69 Å². The highest BCUT2D eigenvalue weighted by Gasteiger charge is 2.24. The minimum absolute atomic E-state index is 0.0745. The number of aromatic nitrogens is 1. The molecule has 88 valence electrons. The van der Waals surface area contributed by atoms with Crippen molar-refractivity contribution in [3.05, 3.63) is 40.2 Å². The summed E-state index contributed by atoms with van der Waals surface area (Å²) in [7, 11) is 0. The molecule has 4 heteroatoms. The number of nitrogens with zero attached hydrogens (tertiary/aromatic N) is 1. The fraction of sp³-hybridized carbons (Fsp3) is 0.308. The van der Waals surface area contributed by atoms with Crippen molar-refractivity contribution in [1.82, 2.24) is 4.57 Å². The molecule has 1 aliphatic rings. The van der Waals surface area contributed by atoms with E-state index in [9.17, 15) is 4.79 Å². The van der Waals surface area contributed by atoms with E-state index in [4.69, 9.17) is 10.5 Å². The third kappa shape index (κ3) is 1.37. The molecule has 2 heterocycles. The van der Waals surface area contributed by atoms with E-state index in [1.165, 1.54) is 0 Å². The van der Waals surface area contributed by atoms with Gasteiger partial charge in [-0.15, -0.1) is 0 Å². The van der Waals surface area contributed by atoms with E-state index in [0.717, 1.165) is 11.2 Å². The van der Waals surface area contributed by atoms with Crippen molar-refractivity contribution in [1.29, 1.82) is 0 Å². The molecule has 0 atom stereocenters. The first-order valence-corrected chi connectivity index (χ1v) is 5.67. The molecular weight excluding hydrogens is 216 g/mol. The fourth-order valence-corrected chi connectivity index (χ4v) is 2.34. The normalized spacial score (nSPS) is 16.1. The number of nitrogens with two attached hydrogens (primary N) is 1. The van der Waals surface area contributed by atoms with E-state index < -0.39 is 0 Å². The Morgan fingerprint density at radius 1 is 1.35 bits per heavy atom. The molecule has 17 heavy (non-hydrogen) atoms. The Morgan fingerprint density at radius 2 is 2.06 bits per heavy atom. The van der Waals surface area contributed by atoms with E-state index in [0.29, 0.717) is 30.3 Å². The Bertz CT molecular complexity index is 642. The molecule has 1 saturated heterocycles. The van der Waals surface area contributed by atoms with Crippen LogP contribution in [-0.4, -0.2) is 17.8 Å². The van der Waals surface area contributed by atoms with Gasteiger partial charge in [0, 0.05) is 11.1 Å². The number of pyridine rings is 1. The summed E-state index contributed by atoms with van der Waals surface area (Å²) in [5.41, 5.74) is 7.94. The molecule has 0 spiro atoms. The van der Waals surface area contributed by atoms with E-state index in [2.05, 4.69) is 4.57 Å². The Kier molecular flexibility index (Phi) is 2.19. The van der Waals surface area contributed by atoms with Gasteiger partial charge in [-0.2, -0.15) is 0 Å². The minimum Gasteiger partial charge on any atom is -0.394 e. The zero-order chi connectivity index (χ0) is 12.0. The maximum atomic E-state index is 12.1. The molecule has 1 aromatic heterocycles. The predicted octanol–water partition coefficient (Wildman–Crippen LogP) is 1.46. The lowest BCUT2D eigenvalue weighted by atomic mass is 10.1. The molecule has 1 aliphatic heterocycles. The molecular formula is C13H14N2O2. The molecule has 0 amide bonds. The molecule has 0 aliphatic carbocycles. The number of hydrogen-bond donors (Lipinski definition) is 1. The van der Waals surface area contributed by atoms with Crippen LogP contribution in [-0.2, 0) is 4.74 Å². The van der Waals surface area contributed by atoms with Crippen molar-refractivity contribution in [3.63, 3.8) is 0 Å². The molecule has 4 nitrogen and oxygen atoms in total. The van der Waals surface area contributed by atoms with Crippen LogP contribution in [0.2, 0.25) is 0 Å². The summed E-state index contributed by atoms with van der Waals surface area (Å²) < 4.78 is 7.34. The first kappa shape index (κ1) is 10.4. The first-order valence-electron chi connectivity index (χ1n) is 5.67. The monoisotopic (exact) mass is 230 g/mol. The lowest BCUT2D eigenvalue weighted by Gasteiger charge is -2.32. The van der Waals surface area contributed by atoms with Crippen LogP contribution in [0.3, 0.4) is 0 Å². The predicted molar refractivity (Wildman–Crippen MR) is 67.2 cm³/mol. The van der Waals surface area contributed by atoms with Gasteiger partial charge >= 0.3 is 0 Å². The average molecular weight is 230 g/mol. The Labute approximate surface area is 98.6 Å². The van der Waals surface area contributed by atoms with Gasteiger partial charge in [-0.25, -0.2) is 0 Å². The second-order valence-corrected chi connectivity index (χ2v) is 4.41. The van der Waals surface area contributed by atoms with Gasteiger partial charge in [0.2, 0.25) is 5.43 Å². The number of rotatable bonds is 1. The highest BCUT2D eigenvalue weighted by molar-refractivity contribution is 5.83. The lowest BCUT2D eigenvalue weighted by molar-refractivity contribution is -0.0223. The van der Waals surface area contributed by atoms with Gasteiger partial charge in [0.15, 0.2) is 0 Å². The standard InChI is InChI=1S/C13H14N2O2/c1-8-12(14)13(16)10-4-2-3-5-11(10)15(8)9-6-17-7-9/h2-5,9H,6-7,14H2,1H3. The smallest absolute Gasteiger partial charge is 0.212 e. The molecule has 3 rings (SSSR count). The van der Waals surface area contributed by atoms with Crippen molar-refractivity contribution in [3.8, 4) is 0 Å². The quantitative estimate of drug-likeness (QED) is 0.807. The van der Waals surface area contributed by atoms with Gasteiger partial charge in [-0.3, -0.25) is 4.79 Å². The van der Waals surface area contributed by atoms with Crippen molar-refractivity contribution in [2.45, 2.75) is 13.0 Å². The highest BCUT2D eigenvalue weighted by atomic mass is 16.5. The van der Waals surface area contributed by atoms with Crippen LogP contribution in [0.15, 0.2) is 29.1 Å². The number of ether oxygens (including phenoxy) is 1. The molecule has 2 N–H and O–H groups in total. The summed E-state index contributed by atoms with van der Waals surface area (Å²) in [5, 5.41) is 0.683.